The van der Waals surface area contributed by atoms with Gasteiger partial charge in [0.15, 0.2) is 11.5 Å². The van der Waals surface area contributed by atoms with Gasteiger partial charge in [0.2, 0.25) is 0 Å². The van der Waals surface area contributed by atoms with Crippen molar-refractivity contribution < 1.29 is 29.9 Å². The zero-order valence-electron chi connectivity index (χ0n) is 16.2. The highest BCUT2D eigenvalue weighted by Crippen LogP contribution is 2.42. The first kappa shape index (κ1) is 21.0. The Morgan fingerprint density at radius 2 is 1.74 bits per heavy atom. The molecular formula is C21H28O6. The van der Waals surface area contributed by atoms with E-state index >= 15 is 0 Å². The third-order valence-electron chi connectivity index (χ3n) is 4.34. The van der Waals surface area contributed by atoms with Crippen molar-refractivity contribution in [3.05, 3.63) is 46.5 Å². The first-order valence-corrected chi connectivity index (χ1v) is 8.92. The molecule has 2 rings (SSSR count). The summed E-state index contributed by atoms with van der Waals surface area (Å²) < 4.78 is 11.3. The summed E-state index contributed by atoms with van der Waals surface area (Å²) in [7, 11) is 1.46. The number of aliphatic hydroxyl groups excluding tert-OH is 3. The van der Waals surface area contributed by atoms with E-state index < -0.39 is 6.10 Å². The Balaban J connectivity index is 2.50. The number of aromatic hydroxyl groups is 1. The number of aliphatic hydroxyl groups is 3. The van der Waals surface area contributed by atoms with Crippen LogP contribution in [-0.2, 0) is 13.2 Å². The van der Waals surface area contributed by atoms with Crippen LogP contribution >= 0.6 is 0 Å². The summed E-state index contributed by atoms with van der Waals surface area (Å²) in [6.45, 7) is 5.15. The average Bonchev–Trinajstić information content (AvgIpc) is 2.62. The van der Waals surface area contributed by atoms with Crippen LogP contribution in [0.2, 0.25) is 0 Å². The summed E-state index contributed by atoms with van der Waals surface area (Å²) in [6, 6.07) is 6.55. The monoisotopic (exact) mass is 376 g/mol. The van der Waals surface area contributed by atoms with Gasteiger partial charge in [-0.3, -0.25) is 0 Å². The molecule has 0 heterocycles. The molecule has 0 aromatic heterocycles. The second-order valence-electron chi connectivity index (χ2n) is 7.00. The lowest BCUT2D eigenvalue weighted by atomic mass is 9.96. The molecular weight excluding hydrogens is 348 g/mol. The second kappa shape index (κ2) is 9.08. The lowest BCUT2D eigenvalue weighted by Gasteiger charge is -2.21. The van der Waals surface area contributed by atoms with Crippen LogP contribution < -0.4 is 9.47 Å². The number of aryl methyl sites for hydroxylation is 1. The minimum absolute atomic E-state index is 0.106. The number of hydrogen-bond donors (Lipinski definition) is 4. The van der Waals surface area contributed by atoms with E-state index in [4.69, 9.17) is 9.47 Å². The molecule has 6 heteroatoms. The van der Waals surface area contributed by atoms with Gasteiger partial charge >= 0.3 is 0 Å². The molecule has 27 heavy (non-hydrogen) atoms. The number of ether oxygens (including phenoxy) is 2. The van der Waals surface area contributed by atoms with Crippen molar-refractivity contribution in [1.29, 1.82) is 0 Å². The van der Waals surface area contributed by atoms with E-state index in [1.165, 1.54) is 13.2 Å². The molecule has 1 unspecified atom stereocenters. The summed E-state index contributed by atoms with van der Waals surface area (Å²) in [6.07, 6.45) is -0.186. The fourth-order valence-corrected chi connectivity index (χ4v) is 3.12. The molecule has 0 spiro atoms. The molecule has 2 aromatic rings. The first-order chi connectivity index (χ1) is 12.8. The molecule has 0 aliphatic carbocycles. The molecule has 6 nitrogen and oxygen atoms in total. The molecule has 0 aliphatic heterocycles. The maximum atomic E-state index is 10.5. The molecule has 0 amide bonds. The first-order valence-electron chi connectivity index (χ1n) is 8.92. The van der Waals surface area contributed by atoms with Gasteiger partial charge in [-0.25, -0.2) is 0 Å². The summed E-state index contributed by atoms with van der Waals surface area (Å²) in [5, 5.41) is 40.2. The molecule has 0 aliphatic rings. The summed E-state index contributed by atoms with van der Waals surface area (Å²) >= 11 is 0. The lowest BCUT2D eigenvalue weighted by molar-refractivity contribution is 0.146. The Hall–Kier alpha value is -2.28. The highest BCUT2D eigenvalue weighted by molar-refractivity contribution is 5.55. The third-order valence-corrected chi connectivity index (χ3v) is 4.34. The number of hydrogen-bond acceptors (Lipinski definition) is 6. The summed E-state index contributed by atoms with van der Waals surface area (Å²) in [5.74, 6) is 0.931. The van der Waals surface area contributed by atoms with Crippen molar-refractivity contribution in [2.45, 2.75) is 46.5 Å². The van der Waals surface area contributed by atoms with Crippen molar-refractivity contribution in [1.82, 2.24) is 0 Å². The van der Waals surface area contributed by atoms with E-state index in [2.05, 4.69) is 0 Å². The van der Waals surface area contributed by atoms with E-state index in [1.54, 1.807) is 25.1 Å². The maximum absolute atomic E-state index is 10.5. The van der Waals surface area contributed by atoms with Gasteiger partial charge in [-0.15, -0.1) is 0 Å². The fourth-order valence-electron chi connectivity index (χ4n) is 3.12. The van der Waals surface area contributed by atoms with Crippen LogP contribution in [0, 0.1) is 12.8 Å². The van der Waals surface area contributed by atoms with Crippen LogP contribution in [0.5, 0.6) is 23.0 Å². The van der Waals surface area contributed by atoms with E-state index in [-0.39, 0.29) is 36.4 Å². The minimum atomic E-state index is -0.736. The molecule has 0 saturated heterocycles. The average molecular weight is 376 g/mol. The van der Waals surface area contributed by atoms with Crippen molar-refractivity contribution in [2.24, 2.45) is 5.92 Å². The Morgan fingerprint density at radius 1 is 1.04 bits per heavy atom. The van der Waals surface area contributed by atoms with Crippen molar-refractivity contribution in [2.75, 3.05) is 7.11 Å². The van der Waals surface area contributed by atoms with Crippen molar-refractivity contribution in [3.8, 4) is 23.0 Å². The minimum Gasteiger partial charge on any atom is -0.504 e. The van der Waals surface area contributed by atoms with Crippen LogP contribution in [0.3, 0.4) is 0 Å². The Morgan fingerprint density at radius 3 is 2.30 bits per heavy atom. The normalized spacial score (nSPS) is 12.3. The lowest BCUT2D eigenvalue weighted by Crippen LogP contribution is -2.07. The van der Waals surface area contributed by atoms with Crippen molar-refractivity contribution in [3.63, 3.8) is 0 Å². The van der Waals surface area contributed by atoms with Gasteiger partial charge in [0.05, 0.1) is 32.0 Å². The molecule has 0 saturated carbocycles. The predicted octanol–water partition coefficient (Wildman–Crippen LogP) is 3.57. The largest absolute Gasteiger partial charge is 0.504 e. The molecule has 4 N–H and O–H groups in total. The van der Waals surface area contributed by atoms with Gasteiger partial charge < -0.3 is 29.9 Å². The van der Waals surface area contributed by atoms with Gasteiger partial charge in [0.25, 0.3) is 0 Å². The van der Waals surface area contributed by atoms with E-state index in [1.807, 2.05) is 13.8 Å². The van der Waals surface area contributed by atoms with Gasteiger partial charge in [-0.2, -0.15) is 0 Å². The fraction of sp³-hybridized carbons (Fsp3) is 0.429. The van der Waals surface area contributed by atoms with E-state index in [9.17, 15) is 20.4 Å². The number of phenols is 1. The molecule has 1 atom stereocenters. The number of methoxy groups -OCH3 is 1. The summed E-state index contributed by atoms with van der Waals surface area (Å²) in [4.78, 5) is 0. The molecule has 2 aromatic carbocycles. The van der Waals surface area contributed by atoms with Crippen LogP contribution in [0.4, 0.5) is 0 Å². The Labute approximate surface area is 159 Å². The Bertz CT molecular complexity index is 785. The Kier molecular flexibility index (Phi) is 7.07. The standard InChI is InChI=1S/C21H28O6/c1-12(2)7-17(24)15-5-6-19(16(11-23)21(15)26-4)27-20-14(10-22)8-13(3)9-18(20)25/h5-6,8-9,12,17,22-25H,7,10-11H2,1-4H3. The number of rotatable bonds is 8. The van der Waals surface area contributed by atoms with Crippen molar-refractivity contribution >= 4 is 0 Å². The molecule has 0 bridgehead atoms. The number of benzene rings is 2. The van der Waals surface area contributed by atoms with Crippen LogP contribution in [0.15, 0.2) is 24.3 Å². The quantitative estimate of drug-likeness (QED) is 0.562. The van der Waals surface area contributed by atoms with Crippen LogP contribution in [0.25, 0.3) is 0 Å². The van der Waals surface area contributed by atoms with Gasteiger partial charge in [0, 0.05) is 11.1 Å². The second-order valence-corrected chi connectivity index (χ2v) is 7.00. The zero-order chi connectivity index (χ0) is 20.1. The molecule has 0 fully saturated rings. The zero-order valence-corrected chi connectivity index (χ0v) is 16.2. The molecule has 0 radical (unpaired) electrons. The van der Waals surface area contributed by atoms with Gasteiger partial charge in [-0.05, 0) is 49.1 Å². The molecule has 148 valence electrons. The third kappa shape index (κ3) is 4.71. The van der Waals surface area contributed by atoms with Gasteiger partial charge in [-0.1, -0.05) is 13.8 Å². The van der Waals surface area contributed by atoms with E-state index in [0.29, 0.717) is 28.9 Å². The number of phenolic OH excluding ortho intramolecular Hbond substituents is 1. The van der Waals surface area contributed by atoms with E-state index in [0.717, 1.165) is 5.56 Å². The smallest absolute Gasteiger partial charge is 0.174 e. The van der Waals surface area contributed by atoms with Gasteiger partial charge in [0.1, 0.15) is 11.5 Å². The topological polar surface area (TPSA) is 99.4 Å². The van der Waals surface area contributed by atoms with Crippen LogP contribution in [-0.4, -0.2) is 27.5 Å². The predicted molar refractivity (Wildman–Crippen MR) is 102 cm³/mol. The summed E-state index contributed by atoms with van der Waals surface area (Å²) in [5.41, 5.74) is 2.15. The highest BCUT2D eigenvalue weighted by Gasteiger charge is 2.22. The van der Waals surface area contributed by atoms with Crippen LogP contribution in [0.1, 0.15) is 48.6 Å². The maximum Gasteiger partial charge on any atom is 0.174 e. The highest BCUT2D eigenvalue weighted by atomic mass is 16.5. The SMILES string of the molecule is COc1c(C(O)CC(C)C)ccc(Oc2c(O)cc(C)cc2CO)c1CO.